The van der Waals surface area contributed by atoms with Gasteiger partial charge in [0.2, 0.25) is 0 Å². The van der Waals surface area contributed by atoms with Crippen LogP contribution in [0.2, 0.25) is 0 Å². The van der Waals surface area contributed by atoms with Crippen LogP contribution in [0.5, 0.6) is 0 Å². The lowest BCUT2D eigenvalue weighted by atomic mass is 10.1. The second-order valence-corrected chi connectivity index (χ2v) is 3.26. The summed E-state index contributed by atoms with van der Waals surface area (Å²) in [5, 5.41) is 12.8. The Kier molecular flexibility index (Phi) is 2.85. The molecule has 6 nitrogen and oxygen atoms in total. The smallest absolute Gasteiger partial charge is 0.322 e. The van der Waals surface area contributed by atoms with Crippen molar-refractivity contribution < 1.29 is 9.90 Å². The fourth-order valence-corrected chi connectivity index (χ4v) is 1.28. The van der Waals surface area contributed by atoms with Gasteiger partial charge in [-0.15, -0.1) is 0 Å². The molecule has 14 heavy (non-hydrogen) atoms. The number of aromatic nitrogens is 3. The lowest BCUT2D eigenvalue weighted by Crippen LogP contribution is -2.38. The van der Waals surface area contributed by atoms with Crippen molar-refractivity contribution in [1.82, 2.24) is 14.8 Å². The van der Waals surface area contributed by atoms with Crippen LogP contribution < -0.4 is 5.73 Å². The van der Waals surface area contributed by atoms with E-state index in [1.54, 1.807) is 20.8 Å². The minimum atomic E-state index is -1.04. The molecule has 0 saturated carbocycles. The Morgan fingerprint density at radius 2 is 2.14 bits per heavy atom. The molecule has 0 aliphatic heterocycles. The number of aryl methyl sites for hydroxylation is 2. The maximum absolute atomic E-state index is 10.6. The van der Waals surface area contributed by atoms with Crippen molar-refractivity contribution in [1.29, 1.82) is 0 Å². The molecule has 0 amide bonds. The lowest BCUT2D eigenvalue weighted by Gasteiger charge is -2.16. The first kappa shape index (κ1) is 10.6. The standard InChI is InChI=1S/C8H14N4O2/c1-4(7(9)8(13)14)12-6(3)10-5(2)11-12/h4,7H,9H2,1-3H3,(H,13,14). The van der Waals surface area contributed by atoms with Gasteiger partial charge in [0.25, 0.3) is 0 Å². The van der Waals surface area contributed by atoms with Crippen LogP contribution in [0.4, 0.5) is 0 Å². The lowest BCUT2D eigenvalue weighted by molar-refractivity contribution is -0.139. The number of rotatable bonds is 3. The summed E-state index contributed by atoms with van der Waals surface area (Å²) >= 11 is 0. The zero-order chi connectivity index (χ0) is 10.9. The highest BCUT2D eigenvalue weighted by atomic mass is 16.4. The molecule has 0 aliphatic carbocycles. The average molecular weight is 198 g/mol. The Bertz CT molecular complexity index is 347. The number of nitrogens with two attached hydrogens (primary N) is 1. The Morgan fingerprint density at radius 1 is 1.57 bits per heavy atom. The number of carbonyl (C=O) groups is 1. The van der Waals surface area contributed by atoms with Crippen LogP contribution >= 0.6 is 0 Å². The van der Waals surface area contributed by atoms with E-state index in [2.05, 4.69) is 10.1 Å². The Labute approximate surface area is 81.7 Å². The molecule has 2 unspecified atom stereocenters. The van der Waals surface area contributed by atoms with Gasteiger partial charge in [-0.05, 0) is 20.8 Å². The SMILES string of the molecule is Cc1nc(C)n(C(C)C(N)C(=O)O)n1. The summed E-state index contributed by atoms with van der Waals surface area (Å²) in [4.78, 5) is 14.7. The number of carboxylic acids is 1. The monoisotopic (exact) mass is 198 g/mol. The van der Waals surface area contributed by atoms with Crippen molar-refractivity contribution in [3.8, 4) is 0 Å². The van der Waals surface area contributed by atoms with E-state index in [0.717, 1.165) is 0 Å². The first-order valence-corrected chi connectivity index (χ1v) is 4.31. The summed E-state index contributed by atoms with van der Waals surface area (Å²) < 4.78 is 1.54. The molecule has 0 saturated heterocycles. The van der Waals surface area contributed by atoms with Gasteiger partial charge in [0.1, 0.15) is 17.7 Å². The average Bonchev–Trinajstić information content (AvgIpc) is 2.42. The summed E-state index contributed by atoms with van der Waals surface area (Å²) in [5.41, 5.74) is 5.48. The van der Waals surface area contributed by atoms with Gasteiger partial charge < -0.3 is 10.8 Å². The summed E-state index contributed by atoms with van der Waals surface area (Å²) in [6.07, 6.45) is 0. The molecule has 1 aromatic heterocycles. The molecule has 0 aliphatic rings. The van der Waals surface area contributed by atoms with Crippen LogP contribution in [-0.4, -0.2) is 31.9 Å². The Morgan fingerprint density at radius 3 is 2.50 bits per heavy atom. The van der Waals surface area contributed by atoms with Gasteiger partial charge in [0, 0.05) is 0 Å². The van der Waals surface area contributed by atoms with Crippen molar-refractivity contribution >= 4 is 5.97 Å². The van der Waals surface area contributed by atoms with E-state index >= 15 is 0 Å². The van der Waals surface area contributed by atoms with Gasteiger partial charge in [0.05, 0.1) is 6.04 Å². The third kappa shape index (κ3) is 1.90. The maximum Gasteiger partial charge on any atom is 0.322 e. The van der Waals surface area contributed by atoms with E-state index in [0.29, 0.717) is 11.6 Å². The van der Waals surface area contributed by atoms with Crippen molar-refractivity contribution in [2.24, 2.45) is 5.73 Å². The first-order valence-electron chi connectivity index (χ1n) is 4.31. The van der Waals surface area contributed by atoms with Crippen LogP contribution in [0.15, 0.2) is 0 Å². The number of nitrogens with zero attached hydrogens (tertiary/aromatic N) is 3. The zero-order valence-electron chi connectivity index (χ0n) is 8.43. The number of carboxylic acid groups (broad SMARTS) is 1. The molecule has 0 radical (unpaired) electrons. The molecule has 0 fully saturated rings. The summed E-state index contributed by atoms with van der Waals surface area (Å²) in [6, 6.07) is -1.36. The zero-order valence-corrected chi connectivity index (χ0v) is 8.43. The predicted octanol–water partition coefficient (Wildman–Crippen LogP) is -0.132. The topological polar surface area (TPSA) is 94.0 Å². The Balaban J connectivity index is 2.94. The van der Waals surface area contributed by atoms with Crippen molar-refractivity contribution in [2.45, 2.75) is 32.9 Å². The van der Waals surface area contributed by atoms with Gasteiger partial charge in [0.15, 0.2) is 0 Å². The molecule has 2 atom stereocenters. The highest BCUT2D eigenvalue weighted by Crippen LogP contribution is 2.10. The fourth-order valence-electron chi connectivity index (χ4n) is 1.28. The second-order valence-electron chi connectivity index (χ2n) is 3.26. The van der Waals surface area contributed by atoms with Crippen LogP contribution in [0, 0.1) is 13.8 Å². The minimum Gasteiger partial charge on any atom is -0.480 e. The first-order chi connectivity index (χ1) is 6.43. The molecule has 1 heterocycles. The Hall–Kier alpha value is -1.43. The van der Waals surface area contributed by atoms with E-state index < -0.39 is 18.1 Å². The van der Waals surface area contributed by atoms with Crippen LogP contribution in [0.1, 0.15) is 24.6 Å². The number of aliphatic carboxylic acids is 1. The summed E-state index contributed by atoms with van der Waals surface area (Å²) in [6.45, 7) is 5.23. The highest BCUT2D eigenvalue weighted by Gasteiger charge is 2.23. The fraction of sp³-hybridized carbons (Fsp3) is 0.625. The van der Waals surface area contributed by atoms with Crippen molar-refractivity contribution in [2.75, 3.05) is 0 Å². The van der Waals surface area contributed by atoms with E-state index in [1.165, 1.54) is 4.68 Å². The van der Waals surface area contributed by atoms with Crippen molar-refractivity contribution in [3.63, 3.8) is 0 Å². The van der Waals surface area contributed by atoms with E-state index in [-0.39, 0.29) is 0 Å². The van der Waals surface area contributed by atoms with Gasteiger partial charge in [-0.1, -0.05) is 0 Å². The largest absolute Gasteiger partial charge is 0.480 e. The van der Waals surface area contributed by atoms with Crippen LogP contribution in [0.3, 0.4) is 0 Å². The molecule has 0 spiro atoms. The molecule has 0 aromatic carbocycles. The minimum absolute atomic E-state index is 0.395. The number of hydrogen-bond donors (Lipinski definition) is 2. The normalized spacial score (nSPS) is 15.1. The quantitative estimate of drug-likeness (QED) is 0.705. The number of hydrogen-bond acceptors (Lipinski definition) is 4. The molecule has 3 N–H and O–H groups in total. The van der Waals surface area contributed by atoms with Crippen LogP contribution in [-0.2, 0) is 4.79 Å². The molecule has 78 valence electrons. The van der Waals surface area contributed by atoms with Gasteiger partial charge >= 0.3 is 5.97 Å². The maximum atomic E-state index is 10.6. The summed E-state index contributed by atoms with van der Waals surface area (Å²) in [7, 11) is 0. The summed E-state index contributed by atoms with van der Waals surface area (Å²) in [5.74, 6) is 0.253. The molecule has 6 heteroatoms. The van der Waals surface area contributed by atoms with Gasteiger partial charge in [-0.25, -0.2) is 9.67 Å². The molecule has 1 rings (SSSR count). The predicted molar refractivity (Wildman–Crippen MR) is 49.8 cm³/mol. The molecule has 1 aromatic rings. The molecule has 0 bridgehead atoms. The van der Waals surface area contributed by atoms with Crippen LogP contribution in [0.25, 0.3) is 0 Å². The molecular weight excluding hydrogens is 184 g/mol. The van der Waals surface area contributed by atoms with Crippen molar-refractivity contribution in [3.05, 3.63) is 11.6 Å². The highest BCUT2D eigenvalue weighted by molar-refractivity contribution is 5.73. The third-order valence-electron chi connectivity index (χ3n) is 2.10. The third-order valence-corrected chi connectivity index (χ3v) is 2.10. The second kappa shape index (κ2) is 3.75. The van der Waals surface area contributed by atoms with E-state index in [4.69, 9.17) is 10.8 Å². The van der Waals surface area contributed by atoms with E-state index in [9.17, 15) is 4.79 Å². The van der Waals surface area contributed by atoms with E-state index in [1.807, 2.05) is 0 Å². The van der Waals surface area contributed by atoms with Gasteiger partial charge in [-0.2, -0.15) is 5.10 Å². The van der Waals surface area contributed by atoms with Gasteiger partial charge in [-0.3, -0.25) is 4.79 Å². The molecular formula is C8H14N4O2.